The second-order valence-corrected chi connectivity index (χ2v) is 6.67. The summed E-state index contributed by atoms with van der Waals surface area (Å²) in [6, 6.07) is 8.39. The van der Waals surface area contributed by atoms with Crippen molar-refractivity contribution in [2.24, 2.45) is 11.3 Å². The predicted molar refractivity (Wildman–Crippen MR) is 84.4 cm³/mol. The summed E-state index contributed by atoms with van der Waals surface area (Å²) < 4.78 is 5.83. The molecule has 21 heavy (non-hydrogen) atoms. The van der Waals surface area contributed by atoms with Gasteiger partial charge in [0.1, 0.15) is 0 Å². The minimum Gasteiger partial charge on any atom is -0.381 e. The average Bonchev–Trinajstić information content (AvgIpc) is 2.92. The van der Waals surface area contributed by atoms with E-state index in [2.05, 4.69) is 30.5 Å². The SMILES string of the molecule is CCC(=O)Nc1cccc(NC2C3CCOC3C2(C)C)c1. The molecule has 3 unspecified atom stereocenters. The number of anilines is 2. The van der Waals surface area contributed by atoms with Gasteiger partial charge in [0.2, 0.25) is 5.91 Å². The van der Waals surface area contributed by atoms with Crippen molar-refractivity contribution in [1.29, 1.82) is 0 Å². The third kappa shape index (κ3) is 2.53. The number of carbonyl (C=O) groups excluding carboxylic acids is 1. The normalized spacial score (nSPS) is 29.4. The molecule has 0 bridgehead atoms. The van der Waals surface area contributed by atoms with Gasteiger partial charge in [-0.1, -0.05) is 26.8 Å². The van der Waals surface area contributed by atoms with E-state index in [9.17, 15) is 4.79 Å². The molecule has 0 radical (unpaired) electrons. The Morgan fingerprint density at radius 2 is 2.14 bits per heavy atom. The smallest absolute Gasteiger partial charge is 0.224 e. The molecule has 1 aliphatic carbocycles. The zero-order valence-electron chi connectivity index (χ0n) is 13.0. The Morgan fingerprint density at radius 3 is 2.90 bits per heavy atom. The third-order valence-electron chi connectivity index (χ3n) is 4.89. The van der Waals surface area contributed by atoms with Gasteiger partial charge in [0.05, 0.1) is 6.10 Å². The van der Waals surface area contributed by atoms with E-state index in [0.717, 1.165) is 24.4 Å². The fourth-order valence-electron chi connectivity index (χ4n) is 3.73. The van der Waals surface area contributed by atoms with Crippen LogP contribution in [0.1, 0.15) is 33.6 Å². The van der Waals surface area contributed by atoms with Gasteiger partial charge >= 0.3 is 0 Å². The molecule has 2 fully saturated rings. The third-order valence-corrected chi connectivity index (χ3v) is 4.89. The molecule has 2 aliphatic rings. The van der Waals surface area contributed by atoms with Gasteiger partial charge in [0, 0.05) is 41.8 Å². The first-order chi connectivity index (χ1) is 10.0. The van der Waals surface area contributed by atoms with E-state index in [0.29, 0.717) is 24.5 Å². The average molecular weight is 288 g/mol. The summed E-state index contributed by atoms with van der Waals surface area (Å²) in [4.78, 5) is 11.5. The van der Waals surface area contributed by atoms with Gasteiger partial charge in [0.15, 0.2) is 0 Å². The number of fused-ring (bicyclic) bond motifs is 1. The molecular formula is C17H24N2O2. The summed E-state index contributed by atoms with van der Waals surface area (Å²) >= 11 is 0. The number of rotatable bonds is 4. The summed E-state index contributed by atoms with van der Waals surface area (Å²) in [6.07, 6.45) is 2.02. The number of nitrogens with one attached hydrogen (secondary N) is 2. The second kappa shape index (κ2) is 5.34. The van der Waals surface area contributed by atoms with Crippen molar-refractivity contribution in [1.82, 2.24) is 0 Å². The fraction of sp³-hybridized carbons (Fsp3) is 0.588. The highest BCUT2D eigenvalue weighted by molar-refractivity contribution is 5.90. The Kier molecular flexibility index (Phi) is 3.66. The first kappa shape index (κ1) is 14.4. The molecular weight excluding hydrogens is 264 g/mol. The molecule has 0 aromatic heterocycles. The number of amides is 1. The van der Waals surface area contributed by atoms with Gasteiger partial charge in [-0.15, -0.1) is 0 Å². The van der Waals surface area contributed by atoms with E-state index in [1.165, 1.54) is 0 Å². The van der Waals surface area contributed by atoms with Crippen LogP contribution >= 0.6 is 0 Å². The first-order valence-corrected chi connectivity index (χ1v) is 7.80. The van der Waals surface area contributed by atoms with Gasteiger partial charge in [-0.2, -0.15) is 0 Å². The quantitative estimate of drug-likeness (QED) is 0.894. The molecule has 1 aliphatic heterocycles. The lowest BCUT2D eigenvalue weighted by Gasteiger charge is -2.55. The first-order valence-electron chi connectivity index (χ1n) is 7.80. The van der Waals surface area contributed by atoms with Crippen LogP contribution in [0.15, 0.2) is 24.3 Å². The molecule has 0 spiro atoms. The Bertz CT molecular complexity index is 541. The lowest BCUT2D eigenvalue weighted by Crippen LogP contribution is -2.63. The van der Waals surface area contributed by atoms with E-state index in [1.807, 2.05) is 25.1 Å². The Labute approximate surface area is 126 Å². The molecule has 3 rings (SSSR count). The van der Waals surface area contributed by atoms with Gasteiger partial charge in [-0.25, -0.2) is 0 Å². The second-order valence-electron chi connectivity index (χ2n) is 6.67. The summed E-state index contributed by atoms with van der Waals surface area (Å²) in [5.41, 5.74) is 2.07. The minimum absolute atomic E-state index is 0.0420. The maximum Gasteiger partial charge on any atom is 0.224 e. The van der Waals surface area contributed by atoms with Gasteiger partial charge in [-0.05, 0) is 24.6 Å². The highest BCUT2D eigenvalue weighted by atomic mass is 16.5. The molecule has 1 saturated heterocycles. The molecule has 4 heteroatoms. The van der Waals surface area contributed by atoms with E-state index in [1.54, 1.807) is 0 Å². The minimum atomic E-state index is 0.0420. The van der Waals surface area contributed by atoms with Crippen molar-refractivity contribution in [3.63, 3.8) is 0 Å². The lowest BCUT2D eigenvalue weighted by molar-refractivity contribution is -0.115. The van der Waals surface area contributed by atoms with Gasteiger partial charge in [0.25, 0.3) is 0 Å². The molecule has 1 saturated carbocycles. The lowest BCUT2D eigenvalue weighted by atomic mass is 9.57. The number of carbonyl (C=O) groups is 1. The molecule has 2 N–H and O–H groups in total. The van der Waals surface area contributed by atoms with Crippen LogP contribution in [0.2, 0.25) is 0 Å². The maximum absolute atomic E-state index is 11.5. The largest absolute Gasteiger partial charge is 0.381 e. The Balaban J connectivity index is 1.70. The van der Waals surface area contributed by atoms with Gasteiger partial charge < -0.3 is 15.4 Å². The van der Waals surface area contributed by atoms with E-state index >= 15 is 0 Å². The summed E-state index contributed by atoms with van der Waals surface area (Å²) in [6.45, 7) is 7.26. The Morgan fingerprint density at radius 1 is 1.38 bits per heavy atom. The molecule has 1 amide bonds. The summed E-state index contributed by atoms with van der Waals surface area (Å²) in [7, 11) is 0. The van der Waals surface area contributed by atoms with Crippen LogP contribution in [0.5, 0.6) is 0 Å². The highest BCUT2D eigenvalue weighted by Gasteiger charge is 2.59. The molecule has 1 heterocycles. The highest BCUT2D eigenvalue weighted by Crippen LogP contribution is 2.53. The van der Waals surface area contributed by atoms with Crippen LogP contribution in [0.3, 0.4) is 0 Å². The van der Waals surface area contributed by atoms with Crippen LogP contribution in [-0.4, -0.2) is 24.7 Å². The number of hydrogen-bond acceptors (Lipinski definition) is 3. The van der Waals surface area contributed by atoms with E-state index in [-0.39, 0.29) is 11.3 Å². The van der Waals surface area contributed by atoms with Crippen molar-refractivity contribution in [2.75, 3.05) is 17.2 Å². The summed E-state index contributed by atoms with van der Waals surface area (Å²) in [5.74, 6) is 0.647. The Hall–Kier alpha value is -1.55. The molecule has 4 nitrogen and oxygen atoms in total. The van der Waals surface area contributed by atoms with Crippen LogP contribution < -0.4 is 10.6 Å². The van der Waals surface area contributed by atoms with Crippen molar-refractivity contribution in [2.45, 2.75) is 45.8 Å². The van der Waals surface area contributed by atoms with Crippen LogP contribution in [-0.2, 0) is 9.53 Å². The zero-order valence-corrected chi connectivity index (χ0v) is 13.0. The molecule has 1 aromatic rings. The van der Waals surface area contributed by atoms with Crippen molar-refractivity contribution in [3.8, 4) is 0 Å². The topological polar surface area (TPSA) is 50.4 Å². The van der Waals surface area contributed by atoms with Crippen LogP contribution in [0.4, 0.5) is 11.4 Å². The van der Waals surface area contributed by atoms with Crippen molar-refractivity contribution in [3.05, 3.63) is 24.3 Å². The standard InChI is InChI=1S/C17H24N2O2/c1-4-14(20)18-11-6-5-7-12(10-11)19-15-13-8-9-21-16(13)17(15,2)3/h5-7,10,13,15-16,19H,4,8-9H2,1-3H3,(H,18,20). The number of hydrogen-bond donors (Lipinski definition) is 2. The number of benzene rings is 1. The van der Waals surface area contributed by atoms with Gasteiger partial charge in [-0.3, -0.25) is 4.79 Å². The van der Waals surface area contributed by atoms with Crippen molar-refractivity contribution >= 4 is 17.3 Å². The maximum atomic E-state index is 11.5. The molecule has 1 aromatic carbocycles. The number of ether oxygens (including phenoxy) is 1. The molecule has 114 valence electrons. The zero-order chi connectivity index (χ0) is 15.0. The van der Waals surface area contributed by atoms with Crippen LogP contribution in [0, 0.1) is 11.3 Å². The van der Waals surface area contributed by atoms with E-state index < -0.39 is 0 Å². The predicted octanol–water partition coefficient (Wildman–Crippen LogP) is 3.26. The van der Waals surface area contributed by atoms with E-state index in [4.69, 9.17) is 4.74 Å². The summed E-state index contributed by atoms with van der Waals surface area (Å²) in [5, 5.41) is 6.55. The van der Waals surface area contributed by atoms with Crippen molar-refractivity contribution < 1.29 is 9.53 Å². The fourth-order valence-corrected chi connectivity index (χ4v) is 3.73. The monoisotopic (exact) mass is 288 g/mol. The molecule has 3 atom stereocenters. The van der Waals surface area contributed by atoms with Crippen LogP contribution in [0.25, 0.3) is 0 Å².